The Kier molecular flexibility index (Phi) is 4.83. The van der Waals surface area contributed by atoms with Crippen LogP contribution in [0.3, 0.4) is 0 Å². The molecule has 2 aromatic heterocycles. The van der Waals surface area contributed by atoms with Crippen molar-refractivity contribution in [1.29, 1.82) is 0 Å². The fourth-order valence-electron chi connectivity index (χ4n) is 2.68. The van der Waals surface area contributed by atoms with Gasteiger partial charge in [0.2, 0.25) is 0 Å². The average Bonchev–Trinajstić information content (AvgIpc) is 2.62. The van der Waals surface area contributed by atoms with Crippen LogP contribution in [-0.4, -0.2) is 32.3 Å². The first-order chi connectivity index (χ1) is 12.5. The van der Waals surface area contributed by atoms with Gasteiger partial charge in [0.1, 0.15) is 11.6 Å². The molecule has 26 heavy (non-hydrogen) atoms. The van der Waals surface area contributed by atoms with E-state index < -0.39 is 12.1 Å². The van der Waals surface area contributed by atoms with Gasteiger partial charge in [-0.2, -0.15) is 0 Å². The van der Waals surface area contributed by atoms with Gasteiger partial charge in [-0.3, -0.25) is 9.36 Å². The normalized spacial score (nSPS) is 11.9. The van der Waals surface area contributed by atoms with E-state index in [9.17, 15) is 9.59 Å². The molecule has 0 bridgehead atoms. The van der Waals surface area contributed by atoms with Crippen LogP contribution in [0.1, 0.15) is 25.7 Å². The zero-order valence-corrected chi connectivity index (χ0v) is 14.3. The Bertz CT molecular complexity index is 998. The molecule has 3 rings (SSSR count). The third-order valence-electron chi connectivity index (χ3n) is 3.80. The Morgan fingerprint density at radius 1 is 1.31 bits per heavy atom. The molecule has 0 fully saturated rings. The summed E-state index contributed by atoms with van der Waals surface area (Å²) in [4.78, 5) is 32.6. The van der Waals surface area contributed by atoms with Gasteiger partial charge in [-0.05, 0) is 50.2 Å². The van der Waals surface area contributed by atoms with Crippen molar-refractivity contribution in [3.8, 4) is 11.4 Å². The molecule has 3 aromatic rings. The van der Waals surface area contributed by atoms with Crippen molar-refractivity contribution in [3.63, 3.8) is 0 Å². The van der Waals surface area contributed by atoms with E-state index in [0.717, 1.165) is 0 Å². The van der Waals surface area contributed by atoms with Crippen LogP contribution in [-0.2, 0) is 0 Å². The number of ether oxygens (including phenoxy) is 1. The van der Waals surface area contributed by atoms with Crippen LogP contribution in [0.25, 0.3) is 16.7 Å². The smallest absolute Gasteiger partial charge is 0.405 e. The topological polar surface area (TPSA) is 106 Å². The molecule has 0 radical (unpaired) electrons. The van der Waals surface area contributed by atoms with E-state index in [1.807, 2.05) is 6.92 Å². The predicted molar refractivity (Wildman–Crippen MR) is 95.9 cm³/mol. The van der Waals surface area contributed by atoms with Crippen LogP contribution in [0.5, 0.6) is 5.75 Å². The third kappa shape index (κ3) is 3.34. The molecule has 1 amide bonds. The summed E-state index contributed by atoms with van der Waals surface area (Å²) in [6, 6.07) is 9.54. The average molecular weight is 354 g/mol. The van der Waals surface area contributed by atoms with Gasteiger partial charge < -0.3 is 15.2 Å². The third-order valence-corrected chi connectivity index (χ3v) is 3.80. The first-order valence-corrected chi connectivity index (χ1v) is 8.11. The Morgan fingerprint density at radius 3 is 2.69 bits per heavy atom. The minimum Gasteiger partial charge on any atom is -0.494 e. The first kappa shape index (κ1) is 17.4. The number of fused-ring (bicyclic) bond motifs is 1. The molecule has 8 nitrogen and oxygen atoms in total. The van der Waals surface area contributed by atoms with Crippen LogP contribution in [0.15, 0.2) is 47.4 Å². The Balaban J connectivity index is 2.22. The van der Waals surface area contributed by atoms with Crippen molar-refractivity contribution in [3.05, 3.63) is 58.8 Å². The second kappa shape index (κ2) is 7.22. The number of aromatic nitrogens is 3. The zero-order valence-electron chi connectivity index (χ0n) is 14.3. The number of pyridine rings is 1. The van der Waals surface area contributed by atoms with E-state index in [2.05, 4.69) is 15.3 Å². The van der Waals surface area contributed by atoms with E-state index in [-0.39, 0.29) is 17.0 Å². The monoisotopic (exact) mass is 354 g/mol. The predicted octanol–water partition coefficient (Wildman–Crippen LogP) is 2.51. The standard InChI is InChI=1S/C18H18N4O4/c1-3-26-13-8-6-12(7-9-13)22-16(11(2)20-18(24)25)21-15-14(17(22)23)5-4-10-19-15/h4-11,20H,3H2,1-2H3,(H,24,25)/t11-/m1/s1. The van der Waals surface area contributed by atoms with Crippen LogP contribution < -0.4 is 15.6 Å². The molecule has 8 heteroatoms. The summed E-state index contributed by atoms with van der Waals surface area (Å²) >= 11 is 0. The van der Waals surface area contributed by atoms with Crippen molar-refractivity contribution in [2.75, 3.05) is 6.61 Å². The summed E-state index contributed by atoms with van der Waals surface area (Å²) in [6.45, 7) is 4.04. The van der Waals surface area contributed by atoms with E-state index >= 15 is 0 Å². The summed E-state index contributed by atoms with van der Waals surface area (Å²) < 4.78 is 6.81. The van der Waals surface area contributed by atoms with Gasteiger partial charge in [0.05, 0.1) is 23.7 Å². The van der Waals surface area contributed by atoms with E-state index in [1.165, 1.54) is 10.8 Å². The number of rotatable bonds is 5. The van der Waals surface area contributed by atoms with Gasteiger partial charge in [-0.25, -0.2) is 14.8 Å². The highest BCUT2D eigenvalue weighted by Gasteiger charge is 2.19. The molecular formula is C18H18N4O4. The largest absolute Gasteiger partial charge is 0.494 e. The molecule has 2 N–H and O–H groups in total. The van der Waals surface area contributed by atoms with E-state index in [1.54, 1.807) is 43.3 Å². The fourth-order valence-corrected chi connectivity index (χ4v) is 2.68. The maximum Gasteiger partial charge on any atom is 0.405 e. The number of amides is 1. The Hall–Kier alpha value is -3.42. The van der Waals surface area contributed by atoms with E-state index in [4.69, 9.17) is 9.84 Å². The van der Waals surface area contributed by atoms with Crippen molar-refractivity contribution < 1.29 is 14.6 Å². The molecule has 1 aromatic carbocycles. The number of hydrogen-bond acceptors (Lipinski definition) is 5. The second-order valence-corrected chi connectivity index (χ2v) is 5.58. The lowest BCUT2D eigenvalue weighted by atomic mass is 10.2. The fraction of sp³-hybridized carbons (Fsp3) is 0.222. The minimum atomic E-state index is -1.20. The Morgan fingerprint density at radius 2 is 2.04 bits per heavy atom. The molecule has 0 aliphatic rings. The van der Waals surface area contributed by atoms with E-state index in [0.29, 0.717) is 23.4 Å². The maximum absolute atomic E-state index is 13.0. The molecule has 0 aliphatic heterocycles. The van der Waals surface area contributed by atoms with Gasteiger partial charge in [0.15, 0.2) is 5.65 Å². The molecule has 0 aliphatic carbocycles. The number of nitrogens with zero attached hydrogens (tertiary/aromatic N) is 3. The first-order valence-electron chi connectivity index (χ1n) is 8.11. The summed E-state index contributed by atoms with van der Waals surface area (Å²) in [5, 5.41) is 11.7. The summed E-state index contributed by atoms with van der Waals surface area (Å²) in [6.07, 6.45) is 0.334. The van der Waals surface area contributed by atoms with Crippen molar-refractivity contribution >= 4 is 17.1 Å². The van der Waals surface area contributed by atoms with Crippen LogP contribution in [0.2, 0.25) is 0 Å². The van der Waals surface area contributed by atoms with Crippen LogP contribution in [0.4, 0.5) is 4.79 Å². The highest BCUT2D eigenvalue weighted by atomic mass is 16.5. The van der Waals surface area contributed by atoms with Gasteiger partial charge >= 0.3 is 6.09 Å². The maximum atomic E-state index is 13.0. The SMILES string of the molecule is CCOc1ccc(-n2c([C@@H](C)NC(=O)O)nc3ncccc3c2=O)cc1. The minimum absolute atomic E-state index is 0.257. The van der Waals surface area contributed by atoms with Crippen molar-refractivity contribution in [2.45, 2.75) is 19.9 Å². The van der Waals surface area contributed by atoms with Crippen LogP contribution >= 0.6 is 0 Å². The molecule has 0 spiro atoms. The number of carbonyl (C=O) groups is 1. The summed E-state index contributed by atoms with van der Waals surface area (Å²) in [5.74, 6) is 0.936. The van der Waals surface area contributed by atoms with Gasteiger partial charge in [-0.1, -0.05) is 0 Å². The number of carboxylic acid groups (broad SMARTS) is 1. The zero-order chi connectivity index (χ0) is 18.7. The lowest BCUT2D eigenvalue weighted by molar-refractivity contribution is 0.190. The Labute approximate surface area is 149 Å². The quantitative estimate of drug-likeness (QED) is 0.729. The molecule has 134 valence electrons. The molecule has 0 unspecified atom stereocenters. The van der Waals surface area contributed by atoms with Crippen molar-refractivity contribution in [1.82, 2.24) is 19.9 Å². The molecular weight excluding hydrogens is 336 g/mol. The van der Waals surface area contributed by atoms with Gasteiger partial charge in [0, 0.05) is 6.20 Å². The molecule has 0 saturated carbocycles. The summed E-state index contributed by atoms with van der Waals surface area (Å²) in [7, 11) is 0. The lowest BCUT2D eigenvalue weighted by Crippen LogP contribution is -2.32. The van der Waals surface area contributed by atoms with Crippen LogP contribution in [0, 0.1) is 0 Å². The number of hydrogen-bond donors (Lipinski definition) is 2. The highest BCUT2D eigenvalue weighted by Crippen LogP contribution is 2.19. The lowest BCUT2D eigenvalue weighted by Gasteiger charge is -2.18. The number of benzene rings is 1. The molecule has 2 heterocycles. The number of nitrogens with one attached hydrogen (secondary N) is 1. The van der Waals surface area contributed by atoms with Gasteiger partial charge in [0.25, 0.3) is 5.56 Å². The molecule has 0 saturated heterocycles. The van der Waals surface area contributed by atoms with Crippen molar-refractivity contribution in [2.24, 2.45) is 0 Å². The highest BCUT2D eigenvalue weighted by molar-refractivity contribution is 5.74. The van der Waals surface area contributed by atoms with Gasteiger partial charge in [-0.15, -0.1) is 0 Å². The summed E-state index contributed by atoms with van der Waals surface area (Å²) in [5.41, 5.74) is 0.515. The second-order valence-electron chi connectivity index (χ2n) is 5.58. The molecule has 1 atom stereocenters.